The summed E-state index contributed by atoms with van der Waals surface area (Å²) in [4.78, 5) is 35.2. The quantitative estimate of drug-likeness (QED) is 0.498. The molecule has 3 aromatic rings. The minimum absolute atomic E-state index is 0.270. The molecular weight excluding hydrogens is 366 g/mol. The normalized spacial score (nSPS) is 15.9. The summed E-state index contributed by atoms with van der Waals surface area (Å²) in [5.74, 6) is -0.277. The van der Waals surface area contributed by atoms with E-state index in [4.69, 9.17) is 16.3 Å². The van der Waals surface area contributed by atoms with E-state index in [2.05, 4.69) is 9.97 Å². The van der Waals surface area contributed by atoms with Gasteiger partial charge in [0.1, 0.15) is 11.0 Å². The van der Waals surface area contributed by atoms with Gasteiger partial charge in [-0.3, -0.25) is 14.5 Å². The third kappa shape index (κ3) is 3.13. The van der Waals surface area contributed by atoms with Crippen LogP contribution < -0.4 is 4.90 Å². The monoisotopic (exact) mass is 381 g/mol. The molecule has 3 heterocycles. The second-order valence-electron chi connectivity index (χ2n) is 6.20. The van der Waals surface area contributed by atoms with Gasteiger partial charge in [0.25, 0.3) is 5.91 Å². The Balaban J connectivity index is 1.79. The predicted octanol–water partition coefficient (Wildman–Crippen LogP) is 4.29. The number of rotatable bonds is 4. The van der Waals surface area contributed by atoms with Gasteiger partial charge in [-0.05, 0) is 36.8 Å². The number of halogens is 1. The summed E-state index contributed by atoms with van der Waals surface area (Å²) in [5, 5.41) is 1.11. The smallest absolute Gasteiger partial charge is 0.307 e. The lowest BCUT2D eigenvalue weighted by Gasteiger charge is -2.24. The predicted molar refractivity (Wildman–Crippen MR) is 102 cm³/mol. The fourth-order valence-corrected chi connectivity index (χ4v) is 3.25. The van der Waals surface area contributed by atoms with Gasteiger partial charge in [0.15, 0.2) is 5.65 Å². The van der Waals surface area contributed by atoms with E-state index in [9.17, 15) is 9.59 Å². The maximum absolute atomic E-state index is 13.0. The molecule has 2 aromatic heterocycles. The first-order valence-electron chi connectivity index (χ1n) is 8.63. The Morgan fingerprint density at radius 3 is 2.74 bits per heavy atom. The fraction of sp³-hybridized carbons (Fsp3) is 0.200. The van der Waals surface area contributed by atoms with Gasteiger partial charge in [-0.2, -0.15) is 0 Å². The molecule has 0 saturated heterocycles. The SMILES string of the molecule is CCCC(=O)OC1c2ccccc2C(=O)N1c1ccc2ccc(Cl)nc2n1. The number of aromatic nitrogens is 2. The zero-order valence-electron chi connectivity index (χ0n) is 14.6. The summed E-state index contributed by atoms with van der Waals surface area (Å²) < 4.78 is 5.63. The molecule has 1 unspecified atom stereocenters. The molecule has 136 valence electrons. The van der Waals surface area contributed by atoms with Crippen LogP contribution in [0.15, 0.2) is 48.5 Å². The van der Waals surface area contributed by atoms with Crippen molar-refractivity contribution in [3.05, 3.63) is 64.8 Å². The van der Waals surface area contributed by atoms with E-state index >= 15 is 0 Å². The van der Waals surface area contributed by atoms with E-state index in [1.165, 1.54) is 4.90 Å². The maximum atomic E-state index is 13.0. The van der Waals surface area contributed by atoms with E-state index in [0.717, 1.165) is 5.39 Å². The van der Waals surface area contributed by atoms with Gasteiger partial charge >= 0.3 is 5.97 Å². The maximum Gasteiger partial charge on any atom is 0.307 e. The molecule has 0 N–H and O–H groups in total. The molecule has 1 atom stereocenters. The van der Waals surface area contributed by atoms with Crippen molar-refractivity contribution in [2.75, 3.05) is 4.90 Å². The van der Waals surface area contributed by atoms with Crippen LogP contribution in [0.2, 0.25) is 5.15 Å². The molecule has 1 aliphatic rings. The summed E-state index contributed by atoms with van der Waals surface area (Å²) in [5.41, 5.74) is 1.56. The Morgan fingerprint density at radius 2 is 1.93 bits per heavy atom. The molecule has 0 bridgehead atoms. The number of amides is 1. The molecule has 0 fully saturated rings. The summed E-state index contributed by atoms with van der Waals surface area (Å²) in [6.07, 6.45) is 0.0951. The Morgan fingerprint density at radius 1 is 1.15 bits per heavy atom. The molecule has 4 rings (SSSR count). The first-order chi connectivity index (χ1) is 13.1. The van der Waals surface area contributed by atoms with Crippen LogP contribution in [0, 0.1) is 0 Å². The fourth-order valence-electron chi connectivity index (χ4n) is 3.11. The number of ether oxygens (including phenoxy) is 1. The first-order valence-corrected chi connectivity index (χ1v) is 9.01. The van der Waals surface area contributed by atoms with Crippen molar-refractivity contribution in [2.24, 2.45) is 0 Å². The number of pyridine rings is 2. The van der Waals surface area contributed by atoms with Gasteiger partial charge in [0.2, 0.25) is 6.23 Å². The standard InChI is InChI=1S/C20H16ClN3O3/c1-2-5-17(25)27-20-14-7-4-3-6-13(14)19(26)24(20)16-11-9-12-8-10-15(21)22-18(12)23-16/h3-4,6-11,20H,2,5H2,1H3. The zero-order chi connectivity index (χ0) is 19.0. The molecule has 1 aromatic carbocycles. The van der Waals surface area contributed by atoms with Crippen LogP contribution >= 0.6 is 11.6 Å². The lowest BCUT2D eigenvalue weighted by atomic mass is 10.1. The second-order valence-corrected chi connectivity index (χ2v) is 6.59. The van der Waals surface area contributed by atoms with Gasteiger partial charge in [-0.1, -0.05) is 36.7 Å². The number of fused-ring (bicyclic) bond motifs is 2. The Kier molecular flexibility index (Phi) is 4.49. The number of anilines is 1. The number of benzene rings is 1. The van der Waals surface area contributed by atoms with Crippen LogP contribution in [0.1, 0.15) is 41.9 Å². The minimum Gasteiger partial charge on any atom is -0.437 e. The van der Waals surface area contributed by atoms with Crippen molar-refractivity contribution in [3.8, 4) is 0 Å². The van der Waals surface area contributed by atoms with Gasteiger partial charge in [-0.25, -0.2) is 9.97 Å². The van der Waals surface area contributed by atoms with Crippen molar-refractivity contribution in [1.82, 2.24) is 9.97 Å². The number of hydrogen-bond acceptors (Lipinski definition) is 5. The summed E-state index contributed by atoms with van der Waals surface area (Å²) in [6, 6.07) is 14.1. The third-order valence-corrected chi connectivity index (χ3v) is 4.57. The van der Waals surface area contributed by atoms with E-state index in [1.54, 1.807) is 36.4 Å². The van der Waals surface area contributed by atoms with Crippen LogP contribution in [0.5, 0.6) is 0 Å². The molecule has 1 aliphatic heterocycles. The number of hydrogen-bond donors (Lipinski definition) is 0. The van der Waals surface area contributed by atoms with Crippen molar-refractivity contribution < 1.29 is 14.3 Å². The van der Waals surface area contributed by atoms with Crippen molar-refractivity contribution in [1.29, 1.82) is 0 Å². The van der Waals surface area contributed by atoms with E-state index < -0.39 is 6.23 Å². The Hall–Kier alpha value is -2.99. The van der Waals surface area contributed by atoms with Crippen molar-refractivity contribution in [3.63, 3.8) is 0 Å². The summed E-state index contributed by atoms with van der Waals surface area (Å²) >= 11 is 5.96. The first kappa shape index (κ1) is 17.4. The molecule has 0 saturated carbocycles. The number of carbonyl (C=O) groups excluding carboxylic acids is 2. The molecular formula is C20H16ClN3O3. The molecule has 6 nitrogen and oxygen atoms in total. The van der Waals surface area contributed by atoms with Gasteiger partial charge in [-0.15, -0.1) is 0 Å². The van der Waals surface area contributed by atoms with Gasteiger partial charge in [0, 0.05) is 22.9 Å². The molecule has 0 spiro atoms. The second kappa shape index (κ2) is 6.96. The van der Waals surface area contributed by atoms with Crippen LogP contribution in [-0.2, 0) is 9.53 Å². The molecule has 27 heavy (non-hydrogen) atoms. The van der Waals surface area contributed by atoms with Crippen LogP contribution in [0.4, 0.5) is 5.82 Å². The highest BCUT2D eigenvalue weighted by Gasteiger charge is 2.40. The molecule has 1 amide bonds. The third-order valence-electron chi connectivity index (χ3n) is 4.36. The molecule has 0 aliphatic carbocycles. The van der Waals surface area contributed by atoms with Gasteiger partial charge in [0.05, 0.1) is 0 Å². The summed E-state index contributed by atoms with van der Waals surface area (Å²) in [7, 11) is 0. The minimum atomic E-state index is -0.850. The van der Waals surface area contributed by atoms with E-state index in [-0.39, 0.29) is 18.3 Å². The highest BCUT2D eigenvalue weighted by Crippen LogP contribution is 2.38. The lowest BCUT2D eigenvalue weighted by molar-refractivity contribution is -0.148. The number of nitrogens with zero attached hydrogens (tertiary/aromatic N) is 3. The van der Waals surface area contributed by atoms with Gasteiger partial charge < -0.3 is 4.74 Å². The number of esters is 1. The van der Waals surface area contributed by atoms with E-state index in [0.29, 0.717) is 34.2 Å². The Labute approximate surface area is 160 Å². The Bertz CT molecular complexity index is 1050. The zero-order valence-corrected chi connectivity index (χ0v) is 15.3. The topological polar surface area (TPSA) is 72.4 Å². The lowest BCUT2D eigenvalue weighted by Crippen LogP contribution is -2.31. The van der Waals surface area contributed by atoms with Crippen molar-refractivity contribution >= 4 is 40.3 Å². The van der Waals surface area contributed by atoms with Crippen molar-refractivity contribution in [2.45, 2.75) is 26.0 Å². The largest absolute Gasteiger partial charge is 0.437 e. The number of carbonyl (C=O) groups is 2. The molecule has 0 radical (unpaired) electrons. The highest BCUT2D eigenvalue weighted by molar-refractivity contribution is 6.29. The summed E-state index contributed by atoms with van der Waals surface area (Å²) in [6.45, 7) is 1.90. The highest BCUT2D eigenvalue weighted by atomic mass is 35.5. The average Bonchev–Trinajstić information content (AvgIpc) is 2.93. The molecule has 7 heteroatoms. The van der Waals surface area contributed by atoms with E-state index in [1.807, 2.05) is 19.1 Å². The van der Waals surface area contributed by atoms with Crippen LogP contribution in [0.3, 0.4) is 0 Å². The van der Waals surface area contributed by atoms with Crippen LogP contribution in [0.25, 0.3) is 11.0 Å². The van der Waals surface area contributed by atoms with Crippen LogP contribution in [-0.4, -0.2) is 21.8 Å². The average molecular weight is 382 g/mol.